The van der Waals surface area contributed by atoms with Gasteiger partial charge in [0.15, 0.2) is 0 Å². The Morgan fingerprint density at radius 3 is 2.73 bits per heavy atom. The van der Waals surface area contributed by atoms with Gasteiger partial charge < -0.3 is 15.8 Å². The average Bonchev–Trinajstić information content (AvgIpc) is 3.30. The quantitative estimate of drug-likeness (QED) is 0.472. The molecular formula is C28H35FN6O2. The van der Waals surface area contributed by atoms with Crippen molar-refractivity contribution in [2.24, 2.45) is 5.73 Å². The van der Waals surface area contributed by atoms with E-state index >= 15 is 0 Å². The number of benzene rings is 1. The highest BCUT2D eigenvalue weighted by molar-refractivity contribution is 5.94. The van der Waals surface area contributed by atoms with E-state index in [0.29, 0.717) is 35.3 Å². The van der Waals surface area contributed by atoms with Gasteiger partial charge in [-0.15, -0.1) is 0 Å². The minimum Gasteiger partial charge on any atom is -0.381 e. The normalized spacial score (nSPS) is 22.5. The van der Waals surface area contributed by atoms with E-state index in [1.165, 1.54) is 25.0 Å². The summed E-state index contributed by atoms with van der Waals surface area (Å²) < 4.78 is 21.4. The van der Waals surface area contributed by atoms with Crippen LogP contribution in [0.5, 0.6) is 0 Å². The largest absolute Gasteiger partial charge is 0.381 e. The third-order valence-corrected chi connectivity index (χ3v) is 7.61. The molecule has 8 nitrogen and oxygen atoms in total. The summed E-state index contributed by atoms with van der Waals surface area (Å²) in [5, 5.41) is 8.23. The molecule has 196 valence electrons. The number of pyridine rings is 1. The number of piperidine rings is 1. The van der Waals surface area contributed by atoms with E-state index in [9.17, 15) is 9.18 Å². The van der Waals surface area contributed by atoms with E-state index in [1.807, 2.05) is 18.5 Å². The minimum atomic E-state index is -0.795. The number of nitrogens with zero attached hydrogens (tertiary/aromatic N) is 4. The zero-order valence-electron chi connectivity index (χ0n) is 21.7. The summed E-state index contributed by atoms with van der Waals surface area (Å²) in [6.07, 6.45) is 11.7. The number of rotatable bonds is 8. The number of carbonyl (C=O) groups is 1. The monoisotopic (exact) mass is 506 g/mol. The molecule has 37 heavy (non-hydrogen) atoms. The fourth-order valence-corrected chi connectivity index (χ4v) is 5.85. The second kappa shape index (κ2) is 10.6. The number of amides is 1. The Balaban J connectivity index is 1.33. The summed E-state index contributed by atoms with van der Waals surface area (Å²) >= 11 is 0. The fraction of sp³-hybridized carbons (Fsp3) is 0.464. The van der Waals surface area contributed by atoms with Gasteiger partial charge in [0.05, 0.1) is 54.8 Å². The zero-order valence-corrected chi connectivity index (χ0v) is 21.7. The maximum absolute atomic E-state index is 14.1. The highest BCUT2D eigenvalue weighted by Crippen LogP contribution is 2.32. The summed E-state index contributed by atoms with van der Waals surface area (Å²) in [7, 11) is 0. The van der Waals surface area contributed by atoms with Crippen LogP contribution in [-0.2, 0) is 4.74 Å². The second-order valence-corrected chi connectivity index (χ2v) is 10.4. The molecule has 5 rings (SSSR count). The molecule has 0 bridgehead atoms. The molecule has 3 unspecified atom stereocenters. The predicted octanol–water partition coefficient (Wildman–Crippen LogP) is 4.31. The fourth-order valence-electron chi connectivity index (χ4n) is 5.85. The van der Waals surface area contributed by atoms with Crippen LogP contribution in [0.1, 0.15) is 55.5 Å². The van der Waals surface area contributed by atoms with Crippen LogP contribution in [0.15, 0.2) is 43.0 Å². The molecule has 2 fully saturated rings. The summed E-state index contributed by atoms with van der Waals surface area (Å²) in [5.74, 6) is -1.41. The standard InChI is InChI=1S/C28H35FN6O2/c1-4-5-22-8-20(7-18(3)35(22)24-15-37-16-24)33-21-9-23(13-31-12-21)34-14-19(11-32-34)25-10-26(28(30)36)27(29)6-17(25)2/h6,9-14,18,20,22,24,33H,4-5,7-8,15-16H2,1-3H3,(H2,30,36). The molecule has 0 aliphatic carbocycles. The first-order valence-electron chi connectivity index (χ1n) is 13.1. The SMILES string of the molecule is CCCC1CC(Nc2cncc(-n3cc(-c4cc(C(N)=O)c(F)cc4C)cn3)c2)CC(C)N1C1COC1. The van der Waals surface area contributed by atoms with Gasteiger partial charge in [-0.05, 0) is 62.4 Å². The van der Waals surface area contributed by atoms with Crippen molar-refractivity contribution in [1.82, 2.24) is 19.7 Å². The number of aryl methyl sites for hydroxylation is 1. The number of nitrogens with two attached hydrogens (primary N) is 1. The number of aromatic nitrogens is 3. The highest BCUT2D eigenvalue weighted by atomic mass is 19.1. The maximum Gasteiger partial charge on any atom is 0.251 e. The lowest BCUT2D eigenvalue weighted by atomic mass is 9.87. The number of halogens is 1. The lowest BCUT2D eigenvalue weighted by Gasteiger charge is -2.50. The van der Waals surface area contributed by atoms with Crippen LogP contribution < -0.4 is 11.1 Å². The first-order chi connectivity index (χ1) is 17.8. The van der Waals surface area contributed by atoms with E-state index < -0.39 is 11.7 Å². The number of hydrogen-bond donors (Lipinski definition) is 2. The van der Waals surface area contributed by atoms with Crippen molar-refractivity contribution < 1.29 is 13.9 Å². The van der Waals surface area contributed by atoms with Gasteiger partial charge in [0.2, 0.25) is 0 Å². The number of likely N-dealkylation sites (tertiary alicyclic amines) is 1. The summed E-state index contributed by atoms with van der Waals surface area (Å²) in [6.45, 7) is 8.08. The Bertz CT molecular complexity index is 1270. The van der Waals surface area contributed by atoms with Gasteiger partial charge in [0, 0.05) is 29.9 Å². The minimum absolute atomic E-state index is 0.132. The molecule has 9 heteroatoms. The third-order valence-electron chi connectivity index (χ3n) is 7.61. The van der Waals surface area contributed by atoms with Crippen LogP contribution in [-0.4, -0.2) is 63.0 Å². The van der Waals surface area contributed by atoms with E-state index in [-0.39, 0.29) is 5.56 Å². The molecule has 3 aromatic rings. The molecule has 0 radical (unpaired) electrons. The molecule has 3 atom stereocenters. The van der Waals surface area contributed by atoms with Crippen LogP contribution in [0.4, 0.5) is 10.1 Å². The van der Waals surface area contributed by atoms with Crippen LogP contribution in [0.2, 0.25) is 0 Å². The summed E-state index contributed by atoms with van der Waals surface area (Å²) in [6, 6.07) is 6.82. The Kier molecular flexibility index (Phi) is 7.26. The molecule has 1 aromatic carbocycles. The summed E-state index contributed by atoms with van der Waals surface area (Å²) in [4.78, 5) is 18.8. The topological polar surface area (TPSA) is 98.3 Å². The Labute approximate surface area is 217 Å². The van der Waals surface area contributed by atoms with Crippen LogP contribution in [0, 0.1) is 12.7 Å². The van der Waals surface area contributed by atoms with Crippen LogP contribution >= 0.6 is 0 Å². The molecule has 2 aromatic heterocycles. The first kappa shape index (κ1) is 25.4. The van der Waals surface area contributed by atoms with Gasteiger partial charge >= 0.3 is 0 Å². The van der Waals surface area contributed by atoms with Crippen molar-refractivity contribution in [2.75, 3.05) is 18.5 Å². The Morgan fingerprint density at radius 1 is 1.22 bits per heavy atom. The van der Waals surface area contributed by atoms with Gasteiger partial charge in [-0.1, -0.05) is 13.3 Å². The van der Waals surface area contributed by atoms with Gasteiger partial charge in [-0.2, -0.15) is 5.10 Å². The predicted molar refractivity (Wildman–Crippen MR) is 141 cm³/mol. The molecule has 0 saturated carbocycles. The molecule has 1 amide bonds. The Hall–Kier alpha value is -3.30. The number of carbonyl (C=O) groups excluding carboxylic acids is 1. The number of primary amides is 1. The van der Waals surface area contributed by atoms with E-state index in [0.717, 1.165) is 43.0 Å². The lowest BCUT2D eigenvalue weighted by molar-refractivity contribution is -0.106. The second-order valence-electron chi connectivity index (χ2n) is 10.4. The van der Waals surface area contributed by atoms with Gasteiger partial charge in [-0.3, -0.25) is 14.7 Å². The summed E-state index contributed by atoms with van der Waals surface area (Å²) in [5.41, 5.74) is 9.16. The van der Waals surface area contributed by atoms with Crippen molar-refractivity contribution in [1.29, 1.82) is 0 Å². The lowest BCUT2D eigenvalue weighted by Crippen LogP contribution is -2.61. The van der Waals surface area contributed by atoms with Crippen molar-refractivity contribution in [3.05, 3.63) is 59.9 Å². The van der Waals surface area contributed by atoms with Gasteiger partial charge in [0.1, 0.15) is 5.82 Å². The van der Waals surface area contributed by atoms with Crippen molar-refractivity contribution in [3.63, 3.8) is 0 Å². The number of ether oxygens (including phenoxy) is 1. The molecule has 2 aliphatic rings. The number of anilines is 1. The van der Waals surface area contributed by atoms with Crippen molar-refractivity contribution >= 4 is 11.6 Å². The zero-order chi connectivity index (χ0) is 26.1. The molecule has 2 aliphatic heterocycles. The number of hydrogen-bond acceptors (Lipinski definition) is 6. The van der Waals surface area contributed by atoms with E-state index in [1.54, 1.807) is 24.0 Å². The van der Waals surface area contributed by atoms with Crippen molar-refractivity contribution in [2.45, 2.75) is 70.6 Å². The molecule has 4 heterocycles. The maximum atomic E-state index is 14.1. The van der Waals surface area contributed by atoms with Gasteiger partial charge in [0.25, 0.3) is 5.91 Å². The van der Waals surface area contributed by atoms with E-state index in [4.69, 9.17) is 10.5 Å². The molecule has 2 saturated heterocycles. The average molecular weight is 507 g/mol. The number of nitrogens with one attached hydrogen (secondary N) is 1. The Morgan fingerprint density at radius 2 is 2.03 bits per heavy atom. The van der Waals surface area contributed by atoms with Crippen LogP contribution in [0.25, 0.3) is 16.8 Å². The third kappa shape index (κ3) is 5.24. The highest BCUT2D eigenvalue weighted by Gasteiger charge is 2.39. The molecule has 3 N–H and O–H groups in total. The smallest absolute Gasteiger partial charge is 0.251 e. The first-order valence-corrected chi connectivity index (χ1v) is 13.1. The molecule has 0 spiro atoms. The van der Waals surface area contributed by atoms with Crippen molar-refractivity contribution in [3.8, 4) is 16.8 Å². The molecular weight excluding hydrogens is 471 g/mol. The van der Waals surface area contributed by atoms with Gasteiger partial charge in [-0.25, -0.2) is 9.07 Å². The van der Waals surface area contributed by atoms with E-state index in [2.05, 4.69) is 34.1 Å². The van der Waals surface area contributed by atoms with Crippen LogP contribution in [0.3, 0.4) is 0 Å².